The molecule has 1 aromatic carbocycles. The number of rotatable bonds is 8. The van der Waals surface area contributed by atoms with E-state index in [4.69, 9.17) is 5.73 Å². The highest BCUT2D eigenvalue weighted by Crippen LogP contribution is 2.32. The first-order chi connectivity index (χ1) is 13.5. The summed E-state index contributed by atoms with van der Waals surface area (Å²) in [5.41, 5.74) is 9.88. The first kappa shape index (κ1) is 19.7. The van der Waals surface area contributed by atoms with Crippen molar-refractivity contribution in [2.24, 2.45) is 5.73 Å². The van der Waals surface area contributed by atoms with Gasteiger partial charge in [-0.3, -0.25) is 9.59 Å². The monoisotopic (exact) mass is 378 g/mol. The largest absolute Gasteiger partial charge is 0.506 e. The Hall–Kier alpha value is -3.08. The number of aryl methyl sites for hydroxylation is 1. The highest BCUT2D eigenvalue weighted by Gasteiger charge is 2.27. The van der Waals surface area contributed by atoms with Crippen LogP contribution in [-0.4, -0.2) is 21.2 Å². The molecule has 3 rings (SSSR count). The highest BCUT2D eigenvalue weighted by atomic mass is 16.3. The SMILES string of the molecule is CCCCc1ccc(Cc2c(CC)c(C(=O)C(N)=O)c3c(O)cccn23)cc1. The average Bonchev–Trinajstić information content (AvgIpc) is 3.01. The molecule has 5 nitrogen and oxygen atoms in total. The maximum Gasteiger partial charge on any atom is 0.289 e. The zero-order chi connectivity index (χ0) is 20.3. The Morgan fingerprint density at radius 2 is 1.75 bits per heavy atom. The van der Waals surface area contributed by atoms with E-state index in [0.29, 0.717) is 18.4 Å². The lowest BCUT2D eigenvalue weighted by molar-refractivity contribution is -0.114. The van der Waals surface area contributed by atoms with E-state index in [1.54, 1.807) is 16.7 Å². The van der Waals surface area contributed by atoms with Gasteiger partial charge in [0, 0.05) is 18.3 Å². The van der Waals surface area contributed by atoms with Crippen molar-refractivity contribution in [3.05, 3.63) is 70.5 Å². The third-order valence-corrected chi connectivity index (χ3v) is 5.17. The van der Waals surface area contributed by atoms with Gasteiger partial charge in [0.1, 0.15) is 5.75 Å². The summed E-state index contributed by atoms with van der Waals surface area (Å²) in [6.45, 7) is 4.11. The third-order valence-electron chi connectivity index (χ3n) is 5.17. The number of hydrogen-bond acceptors (Lipinski definition) is 3. The number of amides is 1. The minimum Gasteiger partial charge on any atom is -0.506 e. The van der Waals surface area contributed by atoms with Gasteiger partial charge < -0.3 is 15.2 Å². The topological polar surface area (TPSA) is 84.8 Å². The quantitative estimate of drug-likeness (QED) is 0.462. The molecule has 2 aromatic heterocycles. The summed E-state index contributed by atoms with van der Waals surface area (Å²) >= 11 is 0. The smallest absolute Gasteiger partial charge is 0.289 e. The van der Waals surface area contributed by atoms with E-state index in [1.807, 2.05) is 6.92 Å². The summed E-state index contributed by atoms with van der Waals surface area (Å²) in [5.74, 6) is -1.82. The van der Waals surface area contributed by atoms with Gasteiger partial charge in [0.2, 0.25) is 0 Å². The van der Waals surface area contributed by atoms with Gasteiger partial charge in [-0.25, -0.2) is 0 Å². The molecule has 0 saturated heterocycles. The van der Waals surface area contributed by atoms with Crippen molar-refractivity contribution in [3.63, 3.8) is 0 Å². The molecule has 0 saturated carbocycles. The van der Waals surface area contributed by atoms with Crippen molar-refractivity contribution < 1.29 is 14.7 Å². The van der Waals surface area contributed by atoms with E-state index in [1.165, 1.54) is 18.1 Å². The van der Waals surface area contributed by atoms with Gasteiger partial charge in [0.25, 0.3) is 11.7 Å². The van der Waals surface area contributed by atoms with Crippen LogP contribution in [0.1, 0.15) is 59.4 Å². The van der Waals surface area contributed by atoms with Gasteiger partial charge in [0.05, 0.1) is 11.1 Å². The Labute approximate surface area is 164 Å². The molecular formula is C23H26N2O3. The molecule has 0 atom stereocenters. The first-order valence-corrected chi connectivity index (χ1v) is 9.73. The molecule has 0 aliphatic carbocycles. The van der Waals surface area contributed by atoms with Crippen LogP contribution < -0.4 is 5.73 Å². The molecule has 2 heterocycles. The first-order valence-electron chi connectivity index (χ1n) is 9.73. The van der Waals surface area contributed by atoms with Crippen molar-refractivity contribution in [2.45, 2.75) is 46.0 Å². The average molecular weight is 378 g/mol. The van der Waals surface area contributed by atoms with Crippen LogP contribution in [-0.2, 0) is 24.1 Å². The Morgan fingerprint density at radius 1 is 1.07 bits per heavy atom. The van der Waals surface area contributed by atoms with Crippen molar-refractivity contribution in [1.82, 2.24) is 4.40 Å². The van der Waals surface area contributed by atoms with Crippen LogP contribution >= 0.6 is 0 Å². The summed E-state index contributed by atoms with van der Waals surface area (Å²) in [4.78, 5) is 24.1. The fourth-order valence-corrected chi connectivity index (χ4v) is 3.74. The lowest BCUT2D eigenvalue weighted by Gasteiger charge is -2.08. The fraction of sp³-hybridized carbons (Fsp3) is 0.304. The second kappa shape index (κ2) is 8.30. The second-order valence-electron chi connectivity index (χ2n) is 7.06. The minimum absolute atomic E-state index is 0.0389. The molecule has 0 fully saturated rings. The number of aromatic nitrogens is 1. The van der Waals surface area contributed by atoms with Gasteiger partial charge in [-0.2, -0.15) is 0 Å². The van der Waals surface area contributed by atoms with Gasteiger partial charge in [0.15, 0.2) is 0 Å². The lowest BCUT2D eigenvalue weighted by Crippen LogP contribution is -2.24. The highest BCUT2D eigenvalue weighted by molar-refractivity contribution is 6.44. The second-order valence-corrected chi connectivity index (χ2v) is 7.06. The standard InChI is InChI=1S/C23H26N2O3/c1-3-5-7-15-9-11-16(12-10-15)14-18-17(4-2)20(22(27)23(24)28)21-19(26)8-6-13-25(18)21/h6,8-13,26H,3-5,7,14H2,1-2H3,(H2,24,28). The Kier molecular flexibility index (Phi) is 5.83. The van der Waals surface area contributed by atoms with Crippen LogP contribution in [0.25, 0.3) is 5.52 Å². The van der Waals surface area contributed by atoms with Crippen LogP contribution in [0.15, 0.2) is 42.6 Å². The Morgan fingerprint density at radius 3 is 2.36 bits per heavy atom. The summed E-state index contributed by atoms with van der Waals surface area (Å²) in [6, 6.07) is 11.7. The minimum atomic E-state index is -1.02. The zero-order valence-electron chi connectivity index (χ0n) is 16.4. The van der Waals surface area contributed by atoms with E-state index in [-0.39, 0.29) is 11.3 Å². The number of pyridine rings is 1. The van der Waals surface area contributed by atoms with Crippen molar-refractivity contribution >= 4 is 17.2 Å². The Balaban J connectivity index is 2.09. The van der Waals surface area contributed by atoms with Crippen LogP contribution in [0.2, 0.25) is 0 Å². The van der Waals surface area contributed by atoms with E-state index in [9.17, 15) is 14.7 Å². The van der Waals surface area contributed by atoms with Crippen LogP contribution in [0.5, 0.6) is 5.75 Å². The molecule has 0 radical (unpaired) electrons. The molecule has 0 bridgehead atoms. The van der Waals surface area contributed by atoms with Gasteiger partial charge in [-0.15, -0.1) is 0 Å². The van der Waals surface area contributed by atoms with Crippen molar-refractivity contribution in [3.8, 4) is 5.75 Å². The maximum atomic E-state index is 12.5. The normalized spacial score (nSPS) is 11.1. The maximum absolute atomic E-state index is 12.5. The molecule has 1 amide bonds. The van der Waals surface area contributed by atoms with E-state index >= 15 is 0 Å². The molecule has 146 valence electrons. The summed E-state index contributed by atoms with van der Waals surface area (Å²) in [6.07, 6.45) is 6.35. The van der Waals surface area contributed by atoms with E-state index in [2.05, 4.69) is 31.2 Å². The van der Waals surface area contributed by atoms with Crippen LogP contribution in [0.3, 0.4) is 0 Å². The number of benzene rings is 1. The zero-order valence-corrected chi connectivity index (χ0v) is 16.4. The van der Waals surface area contributed by atoms with Gasteiger partial charge in [-0.05, 0) is 48.1 Å². The molecule has 28 heavy (non-hydrogen) atoms. The number of ketones is 1. The van der Waals surface area contributed by atoms with Gasteiger partial charge in [-0.1, -0.05) is 44.5 Å². The number of nitrogens with two attached hydrogens (primary N) is 1. The summed E-state index contributed by atoms with van der Waals surface area (Å²) in [5, 5.41) is 10.4. The van der Waals surface area contributed by atoms with Crippen LogP contribution in [0.4, 0.5) is 0 Å². The third kappa shape index (κ3) is 3.65. The molecule has 0 unspecified atom stereocenters. The fourth-order valence-electron chi connectivity index (χ4n) is 3.74. The number of Topliss-reactive ketones (excluding diaryl/α,β-unsaturated/α-hetero) is 1. The van der Waals surface area contributed by atoms with Crippen LogP contribution in [0, 0.1) is 0 Å². The number of fused-ring (bicyclic) bond motifs is 1. The van der Waals surface area contributed by atoms with E-state index < -0.39 is 11.7 Å². The number of carbonyl (C=O) groups excluding carboxylic acids is 2. The number of carbonyl (C=O) groups is 2. The van der Waals surface area contributed by atoms with Crippen molar-refractivity contribution in [1.29, 1.82) is 0 Å². The van der Waals surface area contributed by atoms with Crippen molar-refractivity contribution in [2.75, 3.05) is 0 Å². The summed E-state index contributed by atoms with van der Waals surface area (Å²) in [7, 11) is 0. The number of hydrogen-bond donors (Lipinski definition) is 2. The molecule has 5 heteroatoms. The lowest BCUT2D eigenvalue weighted by atomic mass is 9.98. The number of primary amides is 1. The predicted molar refractivity (Wildman–Crippen MR) is 110 cm³/mol. The number of aromatic hydroxyl groups is 1. The number of nitrogens with zero attached hydrogens (tertiary/aromatic N) is 1. The molecule has 3 aromatic rings. The number of unbranched alkanes of at least 4 members (excludes halogenated alkanes) is 1. The molecule has 0 aliphatic rings. The molecule has 0 spiro atoms. The molecular weight excluding hydrogens is 352 g/mol. The summed E-state index contributed by atoms with van der Waals surface area (Å²) < 4.78 is 1.80. The Bertz CT molecular complexity index is 1020. The van der Waals surface area contributed by atoms with E-state index in [0.717, 1.165) is 29.7 Å². The van der Waals surface area contributed by atoms with Gasteiger partial charge >= 0.3 is 0 Å². The molecule has 0 aliphatic heterocycles. The molecule has 3 N–H and O–H groups in total. The predicted octanol–water partition coefficient (Wildman–Crippen LogP) is 3.81.